The van der Waals surface area contributed by atoms with Gasteiger partial charge in [0.2, 0.25) is 0 Å². The lowest BCUT2D eigenvalue weighted by molar-refractivity contribution is -0.139. The summed E-state index contributed by atoms with van der Waals surface area (Å²) in [6.07, 6.45) is 0. The molecule has 0 spiro atoms. The van der Waals surface area contributed by atoms with Gasteiger partial charge in [0, 0.05) is 17.3 Å². The monoisotopic (exact) mass is 242 g/mol. The third-order valence-electron chi connectivity index (χ3n) is 2.25. The molecule has 1 atom stereocenters. The maximum Gasteiger partial charge on any atom is 0.320 e. The predicted molar refractivity (Wildman–Crippen MR) is 64.8 cm³/mol. The molecule has 0 bridgehead atoms. The van der Waals surface area contributed by atoms with Gasteiger partial charge in [-0.1, -0.05) is 20.8 Å². The van der Waals surface area contributed by atoms with E-state index in [-0.39, 0.29) is 5.41 Å². The van der Waals surface area contributed by atoms with Gasteiger partial charge in [0.15, 0.2) is 0 Å². The summed E-state index contributed by atoms with van der Waals surface area (Å²) in [4.78, 5) is 15.1. The van der Waals surface area contributed by atoms with E-state index < -0.39 is 12.0 Å². The SMILES string of the molecule is C[C@@H](NCc1nc(C(C)(C)C)cs1)C(=O)O. The lowest BCUT2D eigenvalue weighted by Gasteiger charge is -2.14. The molecular weight excluding hydrogens is 224 g/mol. The smallest absolute Gasteiger partial charge is 0.320 e. The molecule has 16 heavy (non-hydrogen) atoms. The maximum absolute atomic E-state index is 10.6. The van der Waals surface area contributed by atoms with Gasteiger partial charge in [0.25, 0.3) is 0 Å². The summed E-state index contributed by atoms with van der Waals surface area (Å²) in [5, 5.41) is 14.6. The van der Waals surface area contributed by atoms with Crippen LogP contribution in [0.2, 0.25) is 0 Å². The number of carbonyl (C=O) groups is 1. The van der Waals surface area contributed by atoms with Crippen molar-refractivity contribution in [1.29, 1.82) is 0 Å². The van der Waals surface area contributed by atoms with Crippen molar-refractivity contribution in [3.05, 3.63) is 16.1 Å². The maximum atomic E-state index is 10.6. The summed E-state index contributed by atoms with van der Waals surface area (Å²) in [6, 6.07) is -0.540. The molecule has 1 aromatic rings. The highest BCUT2D eigenvalue weighted by Gasteiger charge is 2.18. The van der Waals surface area contributed by atoms with Gasteiger partial charge in [-0.3, -0.25) is 10.1 Å². The number of thiazole rings is 1. The fourth-order valence-corrected chi connectivity index (χ4v) is 2.04. The molecular formula is C11H18N2O2S. The number of nitrogens with one attached hydrogen (secondary N) is 1. The summed E-state index contributed by atoms with van der Waals surface area (Å²) in [7, 11) is 0. The summed E-state index contributed by atoms with van der Waals surface area (Å²) >= 11 is 1.56. The summed E-state index contributed by atoms with van der Waals surface area (Å²) in [5.74, 6) is -0.840. The van der Waals surface area contributed by atoms with Crippen molar-refractivity contribution < 1.29 is 9.90 Å². The fourth-order valence-electron chi connectivity index (χ4n) is 1.06. The van der Waals surface area contributed by atoms with Gasteiger partial charge < -0.3 is 5.11 Å². The molecule has 90 valence electrons. The van der Waals surface area contributed by atoms with Crippen molar-refractivity contribution in [2.24, 2.45) is 0 Å². The van der Waals surface area contributed by atoms with E-state index in [1.807, 2.05) is 5.38 Å². The topological polar surface area (TPSA) is 62.2 Å². The normalized spacial score (nSPS) is 13.8. The molecule has 0 radical (unpaired) electrons. The van der Waals surface area contributed by atoms with E-state index in [4.69, 9.17) is 5.11 Å². The molecule has 5 heteroatoms. The zero-order chi connectivity index (χ0) is 12.3. The zero-order valence-electron chi connectivity index (χ0n) is 10.1. The third kappa shape index (κ3) is 3.57. The Kier molecular flexibility index (Phi) is 4.04. The molecule has 0 aromatic carbocycles. The van der Waals surface area contributed by atoms with Gasteiger partial charge in [0.05, 0.1) is 5.69 Å². The Labute approximate surface area is 99.7 Å². The highest BCUT2D eigenvalue weighted by atomic mass is 32.1. The van der Waals surface area contributed by atoms with E-state index in [1.165, 1.54) is 0 Å². The van der Waals surface area contributed by atoms with E-state index in [1.54, 1.807) is 18.3 Å². The largest absolute Gasteiger partial charge is 0.480 e. The van der Waals surface area contributed by atoms with Crippen LogP contribution in [0.15, 0.2) is 5.38 Å². The van der Waals surface area contributed by atoms with E-state index in [0.29, 0.717) is 6.54 Å². The summed E-state index contributed by atoms with van der Waals surface area (Å²) < 4.78 is 0. The number of carboxylic acids is 1. The Balaban J connectivity index is 2.57. The van der Waals surface area contributed by atoms with Crippen LogP contribution in [0.5, 0.6) is 0 Å². The van der Waals surface area contributed by atoms with Gasteiger partial charge in [0.1, 0.15) is 11.0 Å². The van der Waals surface area contributed by atoms with Crippen LogP contribution in [0.3, 0.4) is 0 Å². The van der Waals surface area contributed by atoms with Gasteiger partial charge >= 0.3 is 5.97 Å². The first kappa shape index (κ1) is 13.1. The van der Waals surface area contributed by atoms with Gasteiger partial charge in [-0.15, -0.1) is 11.3 Å². The third-order valence-corrected chi connectivity index (χ3v) is 3.10. The number of carboxylic acid groups (broad SMARTS) is 1. The quantitative estimate of drug-likeness (QED) is 0.847. The standard InChI is InChI=1S/C11H18N2O2S/c1-7(10(14)15)12-5-9-13-8(6-16-9)11(2,3)4/h6-7,12H,5H2,1-4H3,(H,14,15)/t7-/m1/s1. The number of nitrogens with zero attached hydrogens (tertiary/aromatic N) is 1. The Morgan fingerprint density at radius 2 is 2.25 bits per heavy atom. The molecule has 4 nitrogen and oxygen atoms in total. The first-order chi connectivity index (χ1) is 7.30. The number of aromatic nitrogens is 1. The van der Waals surface area contributed by atoms with E-state index in [2.05, 4.69) is 31.1 Å². The number of rotatable bonds is 4. The number of aliphatic carboxylic acids is 1. The van der Waals surface area contributed by atoms with Crippen molar-refractivity contribution in [2.75, 3.05) is 0 Å². The summed E-state index contributed by atoms with van der Waals surface area (Å²) in [6.45, 7) is 8.46. The molecule has 0 aliphatic rings. The van der Waals surface area contributed by atoms with E-state index >= 15 is 0 Å². The van der Waals surface area contributed by atoms with Crippen molar-refractivity contribution >= 4 is 17.3 Å². The van der Waals surface area contributed by atoms with Crippen molar-refractivity contribution in [3.63, 3.8) is 0 Å². The minimum atomic E-state index is -0.840. The molecule has 0 saturated carbocycles. The van der Waals surface area contributed by atoms with Crippen LogP contribution in [0, 0.1) is 0 Å². The number of hydrogen-bond donors (Lipinski definition) is 2. The molecule has 0 saturated heterocycles. The van der Waals surface area contributed by atoms with Crippen LogP contribution in [0.25, 0.3) is 0 Å². The molecule has 1 rings (SSSR count). The van der Waals surface area contributed by atoms with Gasteiger partial charge in [-0.05, 0) is 6.92 Å². The average molecular weight is 242 g/mol. The van der Waals surface area contributed by atoms with Crippen molar-refractivity contribution in [1.82, 2.24) is 10.3 Å². The Morgan fingerprint density at radius 3 is 2.69 bits per heavy atom. The molecule has 0 fully saturated rings. The zero-order valence-corrected chi connectivity index (χ0v) is 10.9. The van der Waals surface area contributed by atoms with Gasteiger partial charge in [-0.25, -0.2) is 4.98 Å². The highest BCUT2D eigenvalue weighted by molar-refractivity contribution is 7.09. The second-order valence-electron chi connectivity index (χ2n) is 4.82. The Bertz CT molecular complexity index is 368. The molecule has 2 N–H and O–H groups in total. The van der Waals surface area contributed by atoms with Gasteiger partial charge in [-0.2, -0.15) is 0 Å². The minimum Gasteiger partial charge on any atom is -0.480 e. The molecule has 1 heterocycles. The average Bonchev–Trinajstić information content (AvgIpc) is 2.61. The second-order valence-corrected chi connectivity index (χ2v) is 5.76. The van der Waals surface area contributed by atoms with Crippen LogP contribution in [0.1, 0.15) is 38.4 Å². The Hall–Kier alpha value is -0.940. The molecule has 1 aromatic heterocycles. The van der Waals surface area contributed by atoms with Crippen LogP contribution in [0.4, 0.5) is 0 Å². The van der Waals surface area contributed by atoms with Crippen molar-refractivity contribution in [2.45, 2.75) is 45.7 Å². The lowest BCUT2D eigenvalue weighted by Crippen LogP contribution is -2.33. The first-order valence-corrected chi connectivity index (χ1v) is 6.09. The lowest BCUT2D eigenvalue weighted by atomic mass is 9.93. The molecule has 0 aliphatic carbocycles. The number of hydrogen-bond acceptors (Lipinski definition) is 4. The van der Waals surface area contributed by atoms with Crippen LogP contribution in [-0.4, -0.2) is 22.1 Å². The van der Waals surface area contributed by atoms with Crippen LogP contribution >= 0.6 is 11.3 Å². The highest BCUT2D eigenvalue weighted by Crippen LogP contribution is 2.23. The van der Waals surface area contributed by atoms with E-state index in [0.717, 1.165) is 10.7 Å². The fraction of sp³-hybridized carbons (Fsp3) is 0.636. The Morgan fingerprint density at radius 1 is 1.62 bits per heavy atom. The second kappa shape index (κ2) is 4.93. The minimum absolute atomic E-state index is 0.0488. The predicted octanol–water partition coefficient (Wildman–Crippen LogP) is 2.00. The van der Waals surface area contributed by atoms with Crippen LogP contribution in [-0.2, 0) is 16.8 Å². The first-order valence-electron chi connectivity index (χ1n) is 5.22. The van der Waals surface area contributed by atoms with Crippen LogP contribution < -0.4 is 5.32 Å². The summed E-state index contributed by atoms with van der Waals surface area (Å²) in [5.41, 5.74) is 1.10. The van der Waals surface area contributed by atoms with Crippen molar-refractivity contribution in [3.8, 4) is 0 Å². The molecule has 0 aliphatic heterocycles. The molecule has 0 unspecified atom stereocenters. The molecule has 0 amide bonds. The van der Waals surface area contributed by atoms with E-state index in [9.17, 15) is 4.79 Å².